The van der Waals surface area contributed by atoms with Crippen molar-refractivity contribution in [3.8, 4) is 6.07 Å². The van der Waals surface area contributed by atoms with E-state index in [2.05, 4.69) is 47.4 Å². The van der Waals surface area contributed by atoms with E-state index < -0.39 is 0 Å². The van der Waals surface area contributed by atoms with Gasteiger partial charge in [0.15, 0.2) is 5.82 Å². The predicted octanol–water partition coefficient (Wildman–Crippen LogP) is 3.75. The molecule has 176 valence electrons. The Balaban J connectivity index is 1.53. The van der Waals surface area contributed by atoms with Gasteiger partial charge >= 0.3 is 6.03 Å². The number of aryl methyl sites for hydroxylation is 1. The highest BCUT2D eigenvalue weighted by atomic mass is 16.5. The number of methoxy groups -OCH3 is 1. The minimum atomic E-state index is -0.0148. The number of benzene rings is 1. The van der Waals surface area contributed by atoms with Crippen molar-refractivity contribution in [2.45, 2.75) is 50.9 Å². The number of ether oxygens (including phenoxy) is 1. The fourth-order valence-corrected chi connectivity index (χ4v) is 4.83. The minimum Gasteiger partial charge on any atom is -0.384 e. The Morgan fingerprint density at radius 1 is 1.18 bits per heavy atom. The fraction of sp³-hybridized carbons (Fsp3) is 0.600. The van der Waals surface area contributed by atoms with Crippen LogP contribution < -0.4 is 0 Å². The van der Waals surface area contributed by atoms with E-state index >= 15 is 0 Å². The third-order valence-corrected chi connectivity index (χ3v) is 6.89. The van der Waals surface area contributed by atoms with Gasteiger partial charge < -0.3 is 19.1 Å². The van der Waals surface area contributed by atoms with Crippen LogP contribution in [0.3, 0.4) is 0 Å². The van der Waals surface area contributed by atoms with Gasteiger partial charge in [-0.05, 0) is 36.8 Å². The standard InChI is InChI=1S/C25H33N5O3/c1-3-18-4-6-20(7-5-18)21-14-22(24-27-23(28-33-24)10-13-32-2)17-30(16-21)25(31)29-11-8-19(15-26)9-12-29/h4-7,19,21-22H,3,8-14,16-17H2,1-2H3. The largest absolute Gasteiger partial charge is 0.384 e. The number of urea groups is 1. The number of aromatic nitrogens is 2. The summed E-state index contributed by atoms with van der Waals surface area (Å²) in [6.45, 7) is 5.19. The van der Waals surface area contributed by atoms with Crippen LogP contribution in [0.25, 0.3) is 0 Å². The summed E-state index contributed by atoms with van der Waals surface area (Å²) < 4.78 is 10.7. The number of likely N-dealkylation sites (tertiary alicyclic amines) is 2. The maximum Gasteiger partial charge on any atom is 0.320 e. The van der Waals surface area contributed by atoms with Gasteiger partial charge in [-0.15, -0.1) is 0 Å². The van der Waals surface area contributed by atoms with Crippen LogP contribution in [0.1, 0.15) is 60.9 Å². The average molecular weight is 452 g/mol. The first kappa shape index (κ1) is 23.2. The van der Waals surface area contributed by atoms with Crippen LogP contribution >= 0.6 is 0 Å². The SMILES string of the molecule is CCc1ccc(C2CC(c3nc(CCOC)no3)CN(C(=O)N3CCC(C#N)CC3)C2)cc1. The van der Waals surface area contributed by atoms with Crippen molar-refractivity contribution >= 4 is 6.03 Å². The molecule has 33 heavy (non-hydrogen) atoms. The molecule has 1 aromatic carbocycles. The molecule has 0 bridgehead atoms. The number of hydrogen-bond acceptors (Lipinski definition) is 6. The lowest BCUT2D eigenvalue weighted by molar-refractivity contribution is 0.116. The fourth-order valence-electron chi connectivity index (χ4n) is 4.83. The summed E-state index contributed by atoms with van der Waals surface area (Å²) in [4.78, 5) is 21.9. The van der Waals surface area contributed by atoms with E-state index in [1.807, 2.05) is 9.80 Å². The zero-order valence-electron chi connectivity index (χ0n) is 19.6. The summed E-state index contributed by atoms with van der Waals surface area (Å²) in [5.74, 6) is 1.47. The molecule has 0 radical (unpaired) electrons. The van der Waals surface area contributed by atoms with Crippen LogP contribution in [-0.2, 0) is 17.6 Å². The molecule has 2 fully saturated rings. The highest BCUT2D eigenvalue weighted by Gasteiger charge is 2.37. The molecular weight excluding hydrogens is 418 g/mol. The molecule has 2 atom stereocenters. The quantitative estimate of drug-likeness (QED) is 0.664. The van der Waals surface area contributed by atoms with Crippen molar-refractivity contribution in [1.82, 2.24) is 19.9 Å². The molecule has 3 heterocycles. The van der Waals surface area contributed by atoms with E-state index in [-0.39, 0.29) is 23.8 Å². The molecule has 0 spiro atoms. The third kappa shape index (κ3) is 5.53. The van der Waals surface area contributed by atoms with Gasteiger partial charge in [-0.3, -0.25) is 0 Å². The summed E-state index contributed by atoms with van der Waals surface area (Å²) >= 11 is 0. The Morgan fingerprint density at radius 2 is 1.91 bits per heavy atom. The molecule has 2 aromatic rings. The number of amides is 2. The topological polar surface area (TPSA) is 95.5 Å². The van der Waals surface area contributed by atoms with Gasteiger partial charge in [-0.1, -0.05) is 36.3 Å². The van der Waals surface area contributed by atoms with Crippen LogP contribution in [0.5, 0.6) is 0 Å². The van der Waals surface area contributed by atoms with Gasteiger partial charge in [0.05, 0.1) is 18.6 Å². The second-order valence-electron chi connectivity index (χ2n) is 9.09. The summed E-state index contributed by atoms with van der Waals surface area (Å²) in [7, 11) is 1.65. The maximum absolute atomic E-state index is 13.4. The monoisotopic (exact) mass is 451 g/mol. The van der Waals surface area contributed by atoms with E-state index in [1.54, 1.807) is 7.11 Å². The smallest absolute Gasteiger partial charge is 0.320 e. The molecular formula is C25H33N5O3. The van der Waals surface area contributed by atoms with E-state index in [4.69, 9.17) is 9.26 Å². The number of hydrogen-bond donors (Lipinski definition) is 0. The molecule has 8 heteroatoms. The highest BCUT2D eigenvalue weighted by molar-refractivity contribution is 5.75. The molecule has 0 N–H and O–H groups in total. The Hall–Kier alpha value is -2.92. The van der Waals surface area contributed by atoms with Crippen molar-refractivity contribution in [2.24, 2.45) is 5.92 Å². The highest BCUT2D eigenvalue weighted by Crippen LogP contribution is 2.36. The van der Waals surface area contributed by atoms with Crippen LogP contribution in [0, 0.1) is 17.2 Å². The normalized spacial score (nSPS) is 21.7. The van der Waals surface area contributed by atoms with Crippen molar-refractivity contribution in [1.29, 1.82) is 5.26 Å². The van der Waals surface area contributed by atoms with Crippen LogP contribution in [0.15, 0.2) is 28.8 Å². The Bertz CT molecular complexity index is 959. The van der Waals surface area contributed by atoms with Gasteiger partial charge in [0.1, 0.15) is 0 Å². The first-order chi connectivity index (χ1) is 16.1. The molecule has 2 unspecified atom stereocenters. The van der Waals surface area contributed by atoms with E-state index in [1.165, 1.54) is 11.1 Å². The molecule has 2 aliphatic heterocycles. The van der Waals surface area contributed by atoms with Crippen molar-refractivity contribution in [2.75, 3.05) is 39.9 Å². The van der Waals surface area contributed by atoms with Crippen molar-refractivity contribution < 1.29 is 14.1 Å². The first-order valence-corrected chi connectivity index (χ1v) is 11.9. The van der Waals surface area contributed by atoms with Crippen molar-refractivity contribution in [3.63, 3.8) is 0 Å². The molecule has 1 aromatic heterocycles. The van der Waals surface area contributed by atoms with Gasteiger partial charge in [0.2, 0.25) is 5.89 Å². The molecule has 2 aliphatic rings. The number of rotatable bonds is 6. The third-order valence-electron chi connectivity index (χ3n) is 6.89. The van der Waals surface area contributed by atoms with E-state index in [0.717, 1.165) is 25.7 Å². The second kappa shape index (κ2) is 10.8. The number of carbonyl (C=O) groups excluding carboxylic acids is 1. The van der Waals surface area contributed by atoms with Crippen LogP contribution in [0.4, 0.5) is 4.79 Å². The lowest BCUT2D eigenvalue weighted by Gasteiger charge is -2.40. The van der Waals surface area contributed by atoms with E-state index in [0.29, 0.717) is 50.9 Å². The molecule has 2 saturated heterocycles. The number of carbonyl (C=O) groups is 1. The number of nitrogens with zero attached hydrogens (tertiary/aromatic N) is 5. The minimum absolute atomic E-state index is 0.0148. The van der Waals surface area contributed by atoms with E-state index in [9.17, 15) is 10.1 Å². The second-order valence-corrected chi connectivity index (χ2v) is 9.09. The number of nitriles is 1. The molecule has 2 amide bonds. The predicted molar refractivity (Wildman–Crippen MR) is 123 cm³/mol. The van der Waals surface area contributed by atoms with Gasteiger partial charge in [-0.2, -0.15) is 10.2 Å². The average Bonchev–Trinajstić information content (AvgIpc) is 3.36. The van der Waals surface area contributed by atoms with Crippen LogP contribution in [-0.4, -0.2) is 65.9 Å². The Labute approximate surface area is 195 Å². The summed E-state index contributed by atoms with van der Waals surface area (Å²) in [6, 6.07) is 11.1. The zero-order chi connectivity index (χ0) is 23.2. The Kier molecular flexibility index (Phi) is 7.61. The zero-order valence-corrected chi connectivity index (χ0v) is 19.6. The molecule has 0 saturated carbocycles. The molecule has 8 nitrogen and oxygen atoms in total. The van der Waals surface area contributed by atoms with Gasteiger partial charge in [0, 0.05) is 51.5 Å². The van der Waals surface area contributed by atoms with Gasteiger partial charge in [-0.25, -0.2) is 4.79 Å². The summed E-state index contributed by atoms with van der Waals surface area (Å²) in [6.07, 6.45) is 3.95. The van der Waals surface area contributed by atoms with Crippen LogP contribution in [0.2, 0.25) is 0 Å². The maximum atomic E-state index is 13.4. The lowest BCUT2D eigenvalue weighted by atomic mass is 9.84. The first-order valence-electron chi connectivity index (χ1n) is 11.9. The molecule has 0 aliphatic carbocycles. The Morgan fingerprint density at radius 3 is 2.58 bits per heavy atom. The summed E-state index contributed by atoms with van der Waals surface area (Å²) in [5.41, 5.74) is 2.54. The van der Waals surface area contributed by atoms with Crippen molar-refractivity contribution in [3.05, 3.63) is 47.1 Å². The number of piperidine rings is 2. The van der Waals surface area contributed by atoms with Gasteiger partial charge in [0.25, 0.3) is 0 Å². The summed E-state index contributed by atoms with van der Waals surface area (Å²) in [5, 5.41) is 13.3. The lowest BCUT2D eigenvalue weighted by Crippen LogP contribution is -2.51. The molecule has 4 rings (SSSR count).